The van der Waals surface area contributed by atoms with E-state index in [0.29, 0.717) is 12.2 Å². The molecule has 0 bridgehead atoms. The minimum absolute atomic E-state index is 0.0803. The van der Waals surface area contributed by atoms with E-state index < -0.39 is 0 Å². The number of hydrogen-bond acceptors (Lipinski definition) is 4. The summed E-state index contributed by atoms with van der Waals surface area (Å²) in [7, 11) is 0. The maximum Gasteiger partial charge on any atom is 0.101 e. The van der Waals surface area contributed by atoms with Crippen LogP contribution in [0, 0.1) is 11.3 Å². The molecule has 18 heavy (non-hydrogen) atoms. The van der Waals surface area contributed by atoms with Gasteiger partial charge in [0.15, 0.2) is 0 Å². The molecule has 3 unspecified atom stereocenters. The monoisotopic (exact) mass is 309 g/mol. The summed E-state index contributed by atoms with van der Waals surface area (Å²) in [5, 5.41) is 12.4. The van der Waals surface area contributed by atoms with Crippen molar-refractivity contribution < 1.29 is 4.74 Å². The predicted molar refractivity (Wildman–Crippen MR) is 74.3 cm³/mol. The molecule has 2 rings (SSSR count). The van der Waals surface area contributed by atoms with Crippen molar-refractivity contribution in [3.63, 3.8) is 0 Å². The maximum atomic E-state index is 9.11. The zero-order chi connectivity index (χ0) is 13.1. The molecule has 0 aromatic heterocycles. The lowest BCUT2D eigenvalue weighted by molar-refractivity contribution is -0.0126. The predicted octanol–water partition coefficient (Wildman–Crippen LogP) is 2.24. The number of ether oxygens (including phenoxy) is 1. The lowest BCUT2D eigenvalue weighted by atomic mass is 9.83. The third kappa shape index (κ3) is 2.66. The van der Waals surface area contributed by atoms with Gasteiger partial charge < -0.3 is 15.8 Å². The summed E-state index contributed by atoms with van der Waals surface area (Å²) in [6.07, 6.45) is 1.00. The van der Waals surface area contributed by atoms with Crippen LogP contribution in [-0.2, 0) is 4.74 Å². The van der Waals surface area contributed by atoms with Gasteiger partial charge >= 0.3 is 0 Å². The van der Waals surface area contributed by atoms with Crippen LogP contribution in [0.15, 0.2) is 22.7 Å². The standard InChI is InChI=1S/C13H16BrN3O/c1-2-18-12-6-10(16)13(12)17-11-4-3-9(14)5-8(11)7-15/h3-5,10,12-13,17H,2,6,16H2,1H3. The van der Waals surface area contributed by atoms with Crippen LogP contribution in [0.4, 0.5) is 5.69 Å². The van der Waals surface area contributed by atoms with Gasteiger partial charge in [0, 0.05) is 17.1 Å². The molecule has 1 saturated carbocycles. The van der Waals surface area contributed by atoms with Crippen molar-refractivity contribution >= 4 is 21.6 Å². The van der Waals surface area contributed by atoms with Crippen LogP contribution in [0.3, 0.4) is 0 Å². The van der Waals surface area contributed by atoms with E-state index in [1.165, 1.54) is 0 Å². The second-order valence-corrected chi connectivity index (χ2v) is 5.28. The highest BCUT2D eigenvalue weighted by molar-refractivity contribution is 9.10. The van der Waals surface area contributed by atoms with Crippen LogP contribution in [0.5, 0.6) is 0 Å². The lowest BCUT2D eigenvalue weighted by Gasteiger charge is -2.43. The molecule has 96 valence electrons. The maximum absolute atomic E-state index is 9.11. The fraction of sp³-hybridized carbons (Fsp3) is 0.462. The number of hydrogen-bond donors (Lipinski definition) is 2. The van der Waals surface area contributed by atoms with Crippen molar-refractivity contribution in [1.82, 2.24) is 0 Å². The number of nitrogens with two attached hydrogens (primary N) is 1. The topological polar surface area (TPSA) is 71.1 Å². The smallest absolute Gasteiger partial charge is 0.101 e. The van der Waals surface area contributed by atoms with E-state index in [1.807, 2.05) is 19.1 Å². The van der Waals surface area contributed by atoms with E-state index in [4.69, 9.17) is 15.7 Å². The summed E-state index contributed by atoms with van der Waals surface area (Å²) < 4.78 is 6.49. The molecule has 0 saturated heterocycles. The minimum atomic E-state index is 0.0803. The summed E-state index contributed by atoms with van der Waals surface area (Å²) in [5.41, 5.74) is 7.40. The van der Waals surface area contributed by atoms with Gasteiger partial charge in [-0.3, -0.25) is 0 Å². The number of nitrogens with zero attached hydrogens (tertiary/aromatic N) is 1. The number of halogens is 1. The van der Waals surface area contributed by atoms with Crippen molar-refractivity contribution in [2.45, 2.75) is 31.5 Å². The van der Waals surface area contributed by atoms with E-state index in [0.717, 1.165) is 16.6 Å². The van der Waals surface area contributed by atoms with Gasteiger partial charge in [0.05, 0.1) is 23.4 Å². The molecule has 0 radical (unpaired) electrons. The van der Waals surface area contributed by atoms with Crippen molar-refractivity contribution in [1.29, 1.82) is 5.26 Å². The molecular weight excluding hydrogens is 294 g/mol. The van der Waals surface area contributed by atoms with Gasteiger partial charge in [0.2, 0.25) is 0 Å². The van der Waals surface area contributed by atoms with Gasteiger partial charge in [-0.2, -0.15) is 5.26 Å². The lowest BCUT2D eigenvalue weighted by Crippen LogP contribution is -2.60. The van der Waals surface area contributed by atoms with Crippen molar-refractivity contribution in [3.05, 3.63) is 28.2 Å². The average molecular weight is 310 g/mol. The highest BCUT2D eigenvalue weighted by atomic mass is 79.9. The van der Waals surface area contributed by atoms with E-state index in [1.54, 1.807) is 6.07 Å². The van der Waals surface area contributed by atoms with Crippen molar-refractivity contribution in [2.75, 3.05) is 11.9 Å². The van der Waals surface area contributed by atoms with Gasteiger partial charge in [-0.15, -0.1) is 0 Å². The highest BCUT2D eigenvalue weighted by Crippen LogP contribution is 2.28. The van der Waals surface area contributed by atoms with Crippen LogP contribution in [0.1, 0.15) is 18.9 Å². The zero-order valence-electron chi connectivity index (χ0n) is 10.2. The zero-order valence-corrected chi connectivity index (χ0v) is 11.8. The third-order valence-electron chi connectivity index (χ3n) is 3.17. The molecular formula is C13H16BrN3O. The Morgan fingerprint density at radius 3 is 3.00 bits per heavy atom. The molecule has 0 heterocycles. The fourth-order valence-corrected chi connectivity index (χ4v) is 2.50. The van der Waals surface area contributed by atoms with Crippen LogP contribution < -0.4 is 11.1 Å². The SMILES string of the molecule is CCOC1CC(N)C1Nc1ccc(Br)cc1C#N. The summed E-state index contributed by atoms with van der Waals surface area (Å²) in [6.45, 7) is 2.66. The fourth-order valence-electron chi connectivity index (χ4n) is 2.14. The van der Waals surface area contributed by atoms with Crippen molar-refractivity contribution in [2.24, 2.45) is 5.73 Å². The normalized spacial score (nSPS) is 26.2. The Morgan fingerprint density at radius 1 is 1.61 bits per heavy atom. The molecule has 0 amide bonds. The molecule has 1 aliphatic rings. The number of benzene rings is 1. The van der Waals surface area contributed by atoms with Crippen LogP contribution in [-0.4, -0.2) is 24.8 Å². The summed E-state index contributed by atoms with van der Waals surface area (Å²) in [5.74, 6) is 0. The Balaban J connectivity index is 2.11. The minimum Gasteiger partial charge on any atom is -0.377 e. The van der Waals surface area contributed by atoms with Gasteiger partial charge in [-0.25, -0.2) is 0 Å². The van der Waals surface area contributed by atoms with Crippen LogP contribution in [0.2, 0.25) is 0 Å². The molecule has 3 atom stereocenters. The number of nitriles is 1. The molecule has 0 spiro atoms. The van der Waals surface area contributed by atoms with Crippen LogP contribution in [0.25, 0.3) is 0 Å². The summed E-state index contributed by atoms with van der Waals surface area (Å²) in [4.78, 5) is 0. The molecule has 1 aromatic carbocycles. The summed E-state index contributed by atoms with van der Waals surface area (Å²) in [6, 6.07) is 7.92. The molecule has 4 nitrogen and oxygen atoms in total. The van der Waals surface area contributed by atoms with Crippen LogP contribution >= 0.6 is 15.9 Å². The van der Waals surface area contributed by atoms with Crippen molar-refractivity contribution in [3.8, 4) is 6.07 Å². The first-order valence-corrected chi connectivity index (χ1v) is 6.78. The Morgan fingerprint density at radius 2 is 2.39 bits per heavy atom. The van der Waals surface area contributed by atoms with Gasteiger partial charge in [-0.1, -0.05) is 15.9 Å². The van der Waals surface area contributed by atoms with E-state index >= 15 is 0 Å². The second kappa shape index (κ2) is 5.70. The average Bonchev–Trinajstić information content (AvgIpc) is 2.36. The largest absolute Gasteiger partial charge is 0.377 e. The van der Waals surface area contributed by atoms with E-state index in [2.05, 4.69) is 27.3 Å². The Labute approximate surface area is 115 Å². The number of nitrogens with one attached hydrogen (secondary N) is 1. The first-order chi connectivity index (χ1) is 8.65. The van der Waals surface area contributed by atoms with Gasteiger partial charge in [0.1, 0.15) is 6.07 Å². The number of rotatable bonds is 4. The molecule has 3 N–H and O–H groups in total. The van der Waals surface area contributed by atoms with Gasteiger partial charge in [0.25, 0.3) is 0 Å². The molecule has 0 aliphatic heterocycles. The van der Waals surface area contributed by atoms with E-state index in [-0.39, 0.29) is 18.2 Å². The van der Waals surface area contributed by atoms with Gasteiger partial charge in [-0.05, 0) is 31.5 Å². The molecule has 1 aromatic rings. The molecule has 5 heteroatoms. The quantitative estimate of drug-likeness (QED) is 0.895. The first kappa shape index (κ1) is 13.3. The highest BCUT2D eigenvalue weighted by Gasteiger charge is 2.39. The molecule has 1 fully saturated rings. The van der Waals surface area contributed by atoms with E-state index in [9.17, 15) is 0 Å². The second-order valence-electron chi connectivity index (χ2n) is 4.37. The molecule has 1 aliphatic carbocycles. The summed E-state index contributed by atoms with van der Waals surface area (Å²) >= 11 is 3.35. The first-order valence-electron chi connectivity index (χ1n) is 5.99. The Kier molecular flexibility index (Phi) is 4.23. The number of anilines is 1. The third-order valence-corrected chi connectivity index (χ3v) is 3.66. The Hall–Kier alpha value is -1.09. The Bertz CT molecular complexity index is 470.